The Balaban J connectivity index is 1.58. The topological polar surface area (TPSA) is 63.9 Å². The lowest BCUT2D eigenvalue weighted by Gasteiger charge is -2.40. The predicted octanol–water partition coefficient (Wildman–Crippen LogP) is 5.17. The van der Waals surface area contributed by atoms with Gasteiger partial charge >= 0.3 is 6.18 Å². The number of aromatic nitrogens is 4. The molecule has 1 aliphatic rings. The van der Waals surface area contributed by atoms with Gasteiger partial charge in [-0.2, -0.15) is 18.3 Å². The van der Waals surface area contributed by atoms with Crippen molar-refractivity contribution in [3.8, 4) is 5.69 Å². The molecule has 9 heteroatoms. The van der Waals surface area contributed by atoms with Crippen molar-refractivity contribution in [2.24, 2.45) is 5.92 Å². The van der Waals surface area contributed by atoms with E-state index in [1.807, 2.05) is 36.9 Å². The first-order valence-corrected chi connectivity index (χ1v) is 11.5. The van der Waals surface area contributed by atoms with Crippen molar-refractivity contribution < 1.29 is 18.0 Å². The van der Waals surface area contributed by atoms with Gasteiger partial charge < -0.3 is 4.90 Å². The van der Waals surface area contributed by atoms with Crippen LogP contribution in [0.5, 0.6) is 0 Å². The van der Waals surface area contributed by atoms with Gasteiger partial charge in [0.25, 0.3) is 5.91 Å². The average molecular weight is 472 g/mol. The third-order valence-electron chi connectivity index (χ3n) is 6.55. The lowest BCUT2D eigenvalue weighted by Crippen LogP contribution is -2.48. The first-order valence-electron chi connectivity index (χ1n) is 11.5. The monoisotopic (exact) mass is 471 g/mol. The van der Waals surface area contributed by atoms with Crippen LogP contribution >= 0.6 is 0 Å². The molecular formula is C25H28F3N5O. The molecule has 3 aromatic rings. The van der Waals surface area contributed by atoms with Crippen LogP contribution in [0, 0.1) is 19.8 Å². The number of carbonyl (C=O) groups is 1. The number of halogens is 3. The molecule has 0 spiro atoms. The van der Waals surface area contributed by atoms with Crippen LogP contribution in [0.25, 0.3) is 5.69 Å². The molecule has 0 aliphatic carbocycles. The van der Waals surface area contributed by atoms with Gasteiger partial charge in [0.05, 0.1) is 16.8 Å². The molecule has 1 saturated heterocycles. The molecule has 3 heterocycles. The molecule has 1 fully saturated rings. The van der Waals surface area contributed by atoms with E-state index >= 15 is 0 Å². The minimum atomic E-state index is -4.40. The van der Waals surface area contributed by atoms with Gasteiger partial charge in [0.1, 0.15) is 12.2 Å². The number of carbonyl (C=O) groups excluding carboxylic acids is 1. The van der Waals surface area contributed by atoms with Gasteiger partial charge in [-0.25, -0.2) is 9.67 Å². The van der Waals surface area contributed by atoms with Gasteiger partial charge in [-0.15, -0.1) is 0 Å². The Morgan fingerprint density at radius 3 is 2.59 bits per heavy atom. The molecule has 1 aromatic carbocycles. The summed E-state index contributed by atoms with van der Waals surface area (Å²) < 4.78 is 40.2. The highest BCUT2D eigenvalue weighted by Crippen LogP contribution is 2.31. The van der Waals surface area contributed by atoms with E-state index in [1.165, 1.54) is 12.4 Å². The van der Waals surface area contributed by atoms with Crippen LogP contribution < -0.4 is 0 Å². The van der Waals surface area contributed by atoms with Gasteiger partial charge in [-0.1, -0.05) is 18.6 Å². The van der Waals surface area contributed by atoms with Gasteiger partial charge in [0, 0.05) is 24.5 Å². The Bertz CT molecular complexity index is 1160. The summed E-state index contributed by atoms with van der Waals surface area (Å²) in [7, 11) is 0. The standard InChI is InChI=1S/C25H28F3N5O/c1-16-6-10-23(33-18(3)30-15-31-33)21(13-16)24(34)32-12-4-5-17(2)22(32)11-9-20-8-7-19(14-29-20)25(26,27)28/h6-8,10,13-15,17,22H,4-5,9,11-12H2,1-3H3/t17-,22-/m1/s1. The van der Waals surface area contributed by atoms with Gasteiger partial charge in [-0.05, 0) is 69.7 Å². The minimum Gasteiger partial charge on any atom is -0.335 e. The number of alkyl halides is 3. The molecule has 0 radical (unpaired) electrons. The van der Waals surface area contributed by atoms with E-state index in [9.17, 15) is 18.0 Å². The van der Waals surface area contributed by atoms with Gasteiger partial charge in [0.15, 0.2) is 0 Å². The van der Waals surface area contributed by atoms with Crippen LogP contribution in [0.2, 0.25) is 0 Å². The molecule has 6 nitrogen and oxygen atoms in total. The van der Waals surface area contributed by atoms with Gasteiger partial charge in [0.2, 0.25) is 0 Å². The van der Waals surface area contributed by atoms with Crippen molar-refractivity contribution in [2.45, 2.75) is 58.7 Å². The second-order valence-corrected chi connectivity index (χ2v) is 9.00. The highest BCUT2D eigenvalue weighted by Gasteiger charge is 2.34. The van der Waals surface area contributed by atoms with Gasteiger partial charge in [-0.3, -0.25) is 9.78 Å². The minimum absolute atomic E-state index is 0.0319. The Kier molecular flexibility index (Phi) is 6.72. The van der Waals surface area contributed by atoms with E-state index in [0.29, 0.717) is 42.2 Å². The molecule has 4 rings (SSSR count). The third-order valence-corrected chi connectivity index (χ3v) is 6.55. The maximum atomic E-state index is 13.8. The molecule has 0 bridgehead atoms. The molecule has 0 unspecified atom stereocenters. The van der Waals surface area contributed by atoms with Crippen LogP contribution in [0.3, 0.4) is 0 Å². The summed E-state index contributed by atoms with van der Waals surface area (Å²) in [5, 5.41) is 4.28. The lowest BCUT2D eigenvalue weighted by molar-refractivity contribution is -0.137. The fourth-order valence-electron chi connectivity index (χ4n) is 4.67. The zero-order valence-corrected chi connectivity index (χ0v) is 19.5. The quantitative estimate of drug-likeness (QED) is 0.515. The smallest absolute Gasteiger partial charge is 0.335 e. The summed E-state index contributed by atoms with van der Waals surface area (Å²) in [6.07, 6.45) is 0.979. The number of likely N-dealkylation sites (tertiary alicyclic amines) is 1. The van der Waals surface area contributed by atoms with Crippen molar-refractivity contribution >= 4 is 5.91 Å². The summed E-state index contributed by atoms with van der Waals surface area (Å²) in [6.45, 7) is 6.55. The van der Waals surface area contributed by atoms with Crippen molar-refractivity contribution in [2.75, 3.05) is 6.54 Å². The average Bonchev–Trinajstić information content (AvgIpc) is 3.23. The molecule has 1 aliphatic heterocycles. The summed E-state index contributed by atoms with van der Waals surface area (Å²) in [4.78, 5) is 23.9. The maximum Gasteiger partial charge on any atom is 0.417 e. The molecule has 0 saturated carbocycles. The van der Waals surface area contributed by atoms with Crippen LogP contribution in [0.15, 0.2) is 42.9 Å². The number of amides is 1. The largest absolute Gasteiger partial charge is 0.417 e. The highest BCUT2D eigenvalue weighted by atomic mass is 19.4. The molecule has 2 aromatic heterocycles. The van der Waals surface area contributed by atoms with E-state index in [1.54, 1.807) is 4.68 Å². The van der Waals surface area contributed by atoms with Crippen LogP contribution in [0.1, 0.15) is 59.2 Å². The van der Waals surface area contributed by atoms with E-state index in [4.69, 9.17) is 0 Å². The number of benzene rings is 1. The summed E-state index contributed by atoms with van der Waals surface area (Å²) in [6, 6.07) is 8.17. The highest BCUT2D eigenvalue weighted by molar-refractivity contribution is 5.98. The van der Waals surface area contributed by atoms with Crippen LogP contribution in [-0.4, -0.2) is 43.1 Å². The molecule has 2 atom stereocenters. The molecule has 34 heavy (non-hydrogen) atoms. The fourth-order valence-corrected chi connectivity index (χ4v) is 4.67. The Morgan fingerprint density at radius 1 is 1.15 bits per heavy atom. The Hall–Kier alpha value is -3.23. The molecule has 1 amide bonds. The second-order valence-electron chi connectivity index (χ2n) is 9.00. The second kappa shape index (κ2) is 9.56. The SMILES string of the molecule is Cc1ccc(-n2ncnc2C)c(C(=O)N2CCC[C@@H](C)[C@H]2CCc2ccc(C(F)(F)F)cn2)c1. The zero-order valence-electron chi connectivity index (χ0n) is 19.5. The van der Waals surface area contributed by atoms with Crippen molar-refractivity contribution in [3.63, 3.8) is 0 Å². The predicted molar refractivity (Wildman–Crippen MR) is 122 cm³/mol. The van der Waals surface area contributed by atoms with E-state index < -0.39 is 11.7 Å². The summed E-state index contributed by atoms with van der Waals surface area (Å²) in [5.74, 6) is 0.897. The number of hydrogen-bond acceptors (Lipinski definition) is 4. The maximum absolute atomic E-state index is 13.8. The lowest BCUT2D eigenvalue weighted by atomic mass is 9.86. The fraction of sp³-hybridized carbons (Fsp3) is 0.440. The zero-order chi connectivity index (χ0) is 24.5. The van der Waals surface area contributed by atoms with Crippen molar-refractivity contribution in [1.82, 2.24) is 24.6 Å². The number of piperidine rings is 1. The van der Waals surface area contributed by atoms with Crippen molar-refractivity contribution in [1.29, 1.82) is 0 Å². The number of nitrogens with zero attached hydrogens (tertiary/aromatic N) is 5. The van der Waals surface area contributed by atoms with Crippen LogP contribution in [0.4, 0.5) is 13.2 Å². The molecular weight excluding hydrogens is 443 g/mol. The van der Waals surface area contributed by atoms with E-state index in [2.05, 4.69) is 22.0 Å². The van der Waals surface area contributed by atoms with Crippen LogP contribution in [-0.2, 0) is 12.6 Å². The number of aryl methyl sites for hydroxylation is 3. The number of hydrogen-bond donors (Lipinski definition) is 0. The Labute approximate surface area is 196 Å². The first kappa shape index (κ1) is 23.9. The number of pyridine rings is 1. The Morgan fingerprint density at radius 2 is 1.94 bits per heavy atom. The normalized spacial score (nSPS) is 18.8. The molecule has 0 N–H and O–H groups in total. The number of rotatable bonds is 5. The summed E-state index contributed by atoms with van der Waals surface area (Å²) in [5.41, 5.74) is 2.06. The molecule has 180 valence electrons. The van der Waals surface area contributed by atoms with E-state index in [0.717, 1.165) is 30.7 Å². The third kappa shape index (κ3) is 4.98. The van der Waals surface area contributed by atoms with E-state index in [-0.39, 0.29) is 17.9 Å². The first-order chi connectivity index (χ1) is 16.1. The summed E-state index contributed by atoms with van der Waals surface area (Å²) >= 11 is 0. The van der Waals surface area contributed by atoms with Crippen molar-refractivity contribution in [3.05, 3.63) is 71.1 Å².